The molecule has 1 aliphatic heterocycles. The SMILES string of the molecule is CCOC(=O)c1sc(N)c(C#N)c1COC(=O)CCCN1C(=O)c2ccccc2C1=O. The van der Waals surface area contributed by atoms with Crippen LogP contribution in [0.1, 0.15) is 61.3 Å². The molecule has 1 aromatic heterocycles. The summed E-state index contributed by atoms with van der Waals surface area (Å²) in [4.78, 5) is 50.1. The maximum atomic E-state index is 12.3. The largest absolute Gasteiger partial charge is 0.462 e. The second-order valence-corrected chi connectivity index (χ2v) is 7.61. The van der Waals surface area contributed by atoms with Crippen LogP contribution in [0.5, 0.6) is 0 Å². The fourth-order valence-corrected chi connectivity index (χ4v) is 4.07. The second-order valence-electron chi connectivity index (χ2n) is 6.55. The van der Waals surface area contributed by atoms with Crippen LogP contribution in [0.15, 0.2) is 24.3 Å². The number of nitrogens with zero attached hydrogens (tertiary/aromatic N) is 2. The van der Waals surface area contributed by atoms with E-state index in [1.54, 1.807) is 31.2 Å². The minimum absolute atomic E-state index is 0.0519. The molecular weight excluding hydrogens is 422 g/mol. The van der Waals surface area contributed by atoms with E-state index in [9.17, 15) is 24.4 Å². The number of benzene rings is 1. The topological polar surface area (TPSA) is 140 Å². The number of hydrogen-bond donors (Lipinski definition) is 1. The lowest BCUT2D eigenvalue weighted by atomic mass is 10.1. The summed E-state index contributed by atoms with van der Waals surface area (Å²) in [6.07, 6.45) is 0.162. The number of nitrogen functional groups attached to an aromatic ring is 1. The third kappa shape index (κ3) is 4.41. The van der Waals surface area contributed by atoms with Gasteiger partial charge in [0, 0.05) is 18.5 Å². The Hall–Kier alpha value is -3.71. The number of nitriles is 1. The number of thiophene rings is 1. The van der Waals surface area contributed by atoms with E-state index in [0.29, 0.717) is 11.1 Å². The van der Waals surface area contributed by atoms with Crippen molar-refractivity contribution in [3.8, 4) is 6.07 Å². The van der Waals surface area contributed by atoms with E-state index < -0.39 is 11.9 Å². The summed E-state index contributed by atoms with van der Waals surface area (Å²) < 4.78 is 10.2. The summed E-state index contributed by atoms with van der Waals surface area (Å²) in [6.45, 7) is 1.56. The van der Waals surface area contributed by atoms with E-state index in [1.807, 2.05) is 6.07 Å². The monoisotopic (exact) mass is 441 g/mol. The van der Waals surface area contributed by atoms with E-state index in [2.05, 4.69) is 0 Å². The minimum Gasteiger partial charge on any atom is -0.462 e. The van der Waals surface area contributed by atoms with Gasteiger partial charge in [0.15, 0.2) is 0 Å². The molecule has 0 unspecified atom stereocenters. The van der Waals surface area contributed by atoms with Crippen LogP contribution in [-0.2, 0) is 20.9 Å². The average molecular weight is 441 g/mol. The van der Waals surface area contributed by atoms with Gasteiger partial charge >= 0.3 is 11.9 Å². The first-order valence-corrected chi connectivity index (χ1v) is 10.3. The van der Waals surface area contributed by atoms with Crippen LogP contribution >= 0.6 is 11.3 Å². The lowest BCUT2D eigenvalue weighted by Gasteiger charge is -2.13. The lowest BCUT2D eigenvalue weighted by molar-refractivity contribution is -0.145. The van der Waals surface area contributed by atoms with Gasteiger partial charge in [0.1, 0.15) is 22.6 Å². The van der Waals surface area contributed by atoms with Crippen molar-refractivity contribution in [2.45, 2.75) is 26.4 Å². The van der Waals surface area contributed by atoms with E-state index in [0.717, 1.165) is 16.2 Å². The van der Waals surface area contributed by atoms with E-state index in [4.69, 9.17) is 15.2 Å². The van der Waals surface area contributed by atoms with Gasteiger partial charge in [-0.1, -0.05) is 12.1 Å². The van der Waals surface area contributed by atoms with Gasteiger partial charge in [0.25, 0.3) is 11.8 Å². The molecule has 2 amide bonds. The fourth-order valence-electron chi connectivity index (χ4n) is 3.16. The van der Waals surface area contributed by atoms with Gasteiger partial charge in [0.2, 0.25) is 0 Å². The molecule has 0 fully saturated rings. The molecule has 9 nitrogen and oxygen atoms in total. The summed E-state index contributed by atoms with van der Waals surface area (Å²) in [5.41, 5.74) is 6.76. The van der Waals surface area contributed by atoms with Gasteiger partial charge in [-0.05, 0) is 25.5 Å². The molecule has 0 spiro atoms. The number of hydrogen-bond acceptors (Lipinski definition) is 9. The normalized spacial score (nSPS) is 12.5. The lowest BCUT2D eigenvalue weighted by Crippen LogP contribution is -2.31. The Morgan fingerprint density at radius 2 is 1.81 bits per heavy atom. The Morgan fingerprint density at radius 3 is 2.39 bits per heavy atom. The highest BCUT2D eigenvalue weighted by Gasteiger charge is 2.34. The number of ether oxygens (including phenoxy) is 2. The predicted molar refractivity (Wildman–Crippen MR) is 110 cm³/mol. The molecule has 2 N–H and O–H groups in total. The molecule has 2 aromatic rings. The van der Waals surface area contributed by atoms with Crippen LogP contribution in [0, 0.1) is 11.3 Å². The first-order valence-electron chi connectivity index (χ1n) is 9.48. The summed E-state index contributed by atoms with van der Waals surface area (Å²) in [5, 5.41) is 9.43. The molecule has 0 atom stereocenters. The molecule has 0 saturated carbocycles. The maximum absolute atomic E-state index is 12.3. The first kappa shape index (κ1) is 22.0. The Labute approximate surface area is 182 Å². The zero-order valence-corrected chi connectivity index (χ0v) is 17.5. The van der Waals surface area contributed by atoms with Crippen molar-refractivity contribution in [2.24, 2.45) is 0 Å². The Morgan fingerprint density at radius 1 is 1.16 bits per heavy atom. The number of esters is 2. The zero-order valence-electron chi connectivity index (χ0n) is 16.7. The third-order valence-corrected chi connectivity index (χ3v) is 5.67. The summed E-state index contributed by atoms with van der Waals surface area (Å²) in [5.74, 6) is -2.02. The number of carbonyl (C=O) groups excluding carboxylic acids is 4. The smallest absolute Gasteiger partial charge is 0.348 e. The van der Waals surface area contributed by atoms with Crippen molar-refractivity contribution in [3.63, 3.8) is 0 Å². The van der Waals surface area contributed by atoms with E-state index in [-0.39, 0.29) is 65.4 Å². The van der Waals surface area contributed by atoms with Gasteiger partial charge in [-0.25, -0.2) is 4.79 Å². The second kappa shape index (κ2) is 9.40. The van der Waals surface area contributed by atoms with Gasteiger partial charge < -0.3 is 15.2 Å². The molecule has 31 heavy (non-hydrogen) atoms. The molecule has 0 bridgehead atoms. The molecular formula is C21H19N3O6S. The number of carbonyl (C=O) groups is 4. The number of rotatable bonds is 8. The average Bonchev–Trinajstić information content (AvgIpc) is 3.21. The molecule has 10 heteroatoms. The van der Waals surface area contributed by atoms with Crippen molar-refractivity contribution in [1.29, 1.82) is 5.26 Å². The fraction of sp³-hybridized carbons (Fsp3) is 0.286. The Bertz CT molecular complexity index is 1070. The highest BCUT2D eigenvalue weighted by Crippen LogP contribution is 2.32. The van der Waals surface area contributed by atoms with E-state index >= 15 is 0 Å². The van der Waals surface area contributed by atoms with Crippen LogP contribution < -0.4 is 5.73 Å². The molecule has 0 saturated heterocycles. The highest BCUT2D eigenvalue weighted by molar-refractivity contribution is 7.18. The van der Waals surface area contributed by atoms with Crippen molar-refractivity contribution in [2.75, 3.05) is 18.9 Å². The highest BCUT2D eigenvalue weighted by atomic mass is 32.1. The molecule has 3 rings (SSSR count). The van der Waals surface area contributed by atoms with Gasteiger partial charge in [-0.15, -0.1) is 11.3 Å². The Balaban J connectivity index is 1.56. The number of nitrogens with two attached hydrogens (primary N) is 1. The quantitative estimate of drug-likeness (QED) is 0.487. The maximum Gasteiger partial charge on any atom is 0.348 e. The molecule has 0 aliphatic carbocycles. The molecule has 0 radical (unpaired) electrons. The van der Waals surface area contributed by atoms with Crippen LogP contribution in [0.25, 0.3) is 0 Å². The van der Waals surface area contributed by atoms with Gasteiger partial charge in [0.05, 0.1) is 23.3 Å². The molecule has 1 aromatic carbocycles. The summed E-state index contributed by atoms with van der Waals surface area (Å²) in [6, 6.07) is 8.45. The van der Waals surface area contributed by atoms with Gasteiger partial charge in [-0.3, -0.25) is 19.3 Å². The minimum atomic E-state index is -0.641. The summed E-state index contributed by atoms with van der Waals surface area (Å²) in [7, 11) is 0. The first-order chi connectivity index (χ1) is 14.9. The van der Waals surface area contributed by atoms with Crippen molar-refractivity contribution < 1.29 is 28.7 Å². The number of anilines is 1. The van der Waals surface area contributed by atoms with E-state index in [1.165, 1.54) is 0 Å². The zero-order chi connectivity index (χ0) is 22.5. The number of imide groups is 1. The predicted octanol–water partition coefficient (Wildman–Crippen LogP) is 2.50. The number of amides is 2. The van der Waals surface area contributed by atoms with Crippen LogP contribution in [-0.4, -0.2) is 41.8 Å². The van der Waals surface area contributed by atoms with Gasteiger partial charge in [-0.2, -0.15) is 5.26 Å². The van der Waals surface area contributed by atoms with Crippen molar-refractivity contribution >= 4 is 40.1 Å². The number of fused-ring (bicyclic) bond motifs is 1. The van der Waals surface area contributed by atoms with Crippen molar-refractivity contribution in [1.82, 2.24) is 4.90 Å². The molecule has 2 heterocycles. The third-order valence-electron chi connectivity index (χ3n) is 4.63. The Kier molecular flexibility index (Phi) is 6.67. The standard InChI is InChI=1S/C21H19N3O6S/c1-2-29-21(28)17-15(14(10-22)18(23)31-17)11-30-16(25)8-5-9-24-19(26)12-6-3-4-7-13(12)20(24)27/h3-4,6-7H,2,5,8-9,11,23H2,1H3. The summed E-state index contributed by atoms with van der Waals surface area (Å²) >= 11 is 0.902. The van der Waals surface area contributed by atoms with Crippen LogP contribution in [0.4, 0.5) is 5.00 Å². The van der Waals surface area contributed by atoms with Crippen molar-refractivity contribution in [3.05, 3.63) is 51.4 Å². The van der Waals surface area contributed by atoms with Crippen LogP contribution in [0.2, 0.25) is 0 Å². The molecule has 1 aliphatic rings. The van der Waals surface area contributed by atoms with Crippen LogP contribution in [0.3, 0.4) is 0 Å². The molecule has 160 valence electrons.